The van der Waals surface area contributed by atoms with Gasteiger partial charge in [-0.3, -0.25) is 0 Å². The Morgan fingerprint density at radius 3 is 2.44 bits per heavy atom. The molecule has 0 spiro atoms. The standard InChI is InChI=1S/C15H28O/c1-11(16)12-6-7-13-14(2,3)8-5-9-15(13,4)10-12/h11-13,16H,5-10H2,1-4H3/t11?,12?,13?,15-/m0/s1. The third kappa shape index (κ3) is 2.03. The quantitative estimate of drug-likeness (QED) is 0.714. The van der Waals surface area contributed by atoms with Gasteiger partial charge in [-0.1, -0.05) is 27.2 Å². The van der Waals surface area contributed by atoms with E-state index in [9.17, 15) is 5.11 Å². The lowest BCUT2D eigenvalue weighted by molar-refractivity contribution is -0.0698. The highest BCUT2D eigenvalue weighted by Gasteiger charge is 2.49. The van der Waals surface area contributed by atoms with Crippen molar-refractivity contribution in [3.05, 3.63) is 0 Å². The molecule has 0 aliphatic heterocycles. The molecule has 0 aromatic heterocycles. The van der Waals surface area contributed by atoms with Crippen molar-refractivity contribution in [3.63, 3.8) is 0 Å². The van der Waals surface area contributed by atoms with Crippen molar-refractivity contribution in [2.24, 2.45) is 22.7 Å². The fraction of sp³-hybridized carbons (Fsp3) is 1.00. The van der Waals surface area contributed by atoms with Crippen molar-refractivity contribution < 1.29 is 5.11 Å². The number of aliphatic hydroxyl groups excluding tert-OH is 1. The first-order valence-electron chi connectivity index (χ1n) is 7.03. The van der Waals surface area contributed by atoms with Crippen LogP contribution >= 0.6 is 0 Å². The largest absolute Gasteiger partial charge is 0.393 e. The number of fused-ring (bicyclic) bond motifs is 1. The Labute approximate surface area is 101 Å². The Morgan fingerprint density at radius 2 is 1.81 bits per heavy atom. The van der Waals surface area contributed by atoms with Gasteiger partial charge in [-0.15, -0.1) is 0 Å². The van der Waals surface area contributed by atoms with Crippen molar-refractivity contribution in [3.8, 4) is 0 Å². The van der Waals surface area contributed by atoms with Crippen LogP contribution in [-0.4, -0.2) is 11.2 Å². The summed E-state index contributed by atoms with van der Waals surface area (Å²) in [7, 11) is 0. The maximum atomic E-state index is 9.81. The van der Waals surface area contributed by atoms with E-state index in [4.69, 9.17) is 0 Å². The van der Waals surface area contributed by atoms with Crippen LogP contribution in [0.15, 0.2) is 0 Å². The third-order valence-electron chi connectivity index (χ3n) is 5.59. The van der Waals surface area contributed by atoms with Gasteiger partial charge in [0.05, 0.1) is 6.10 Å². The van der Waals surface area contributed by atoms with E-state index in [1.54, 1.807) is 0 Å². The van der Waals surface area contributed by atoms with Gasteiger partial charge in [0, 0.05) is 0 Å². The van der Waals surface area contributed by atoms with Crippen LogP contribution in [0.25, 0.3) is 0 Å². The molecule has 0 amide bonds. The van der Waals surface area contributed by atoms with Crippen LogP contribution in [0.4, 0.5) is 0 Å². The van der Waals surface area contributed by atoms with Crippen LogP contribution < -0.4 is 0 Å². The zero-order valence-electron chi connectivity index (χ0n) is 11.4. The van der Waals surface area contributed by atoms with Gasteiger partial charge in [0.2, 0.25) is 0 Å². The van der Waals surface area contributed by atoms with Crippen molar-refractivity contribution in [1.82, 2.24) is 0 Å². The van der Waals surface area contributed by atoms with Crippen LogP contribution in [0.2, 0.25) is 0 Å². The summed E-state index contributed by atoms with van der Waals surface area (Å²) in [5, 5.41) is 9.81. The van der Waals surface area contributed by atoms with E-state index in [-0.39, 0.29) is 6.10 Å². The Kier molecular flexibility index (Phi) is 3.11. The molecule has 1 nitrogen and oxygen atoms in total. The van der Waals surface area contributed by atoms with Gasteiger partial charge in [0.1, 0.15) is 0 Å². The van der Waals surface area contributed by atoms with Crippen LogP contribution in [0.1, 0.15) is 66.2 Å². The molecule has 2 aliphatic carbocycles. The summed E-state index contributed by atoms with van der Waals surface area (Å²) in [6.07, 6.45) is 7.87. The molecule has 2 rings (SSSR count). The summed E-state index contributed by atoms with van der Waals surface area (Å²) in [5.74, 6) is 1.43. The second kappa shape index (κ2) is 4.01. The monoisotopic (exact) mass is 224 g/mol. The van der Waals surface area contributed by atoms with Gasteiger partial charge in [-0.2, -0.15) is 0 Å². The predicted molar refractivity (Wildman–Crippen MR) is 68.3 cm³/mol. The highest BCUT2D eigenvalue weighted by atomic mass is 16.3. The van der Waals surface area contributed by atoms with Gasteiger partial charge in [0.25, 0.3) is 0 Å². The van der Waals surface area contributed by atoms with Gasteiger partial charge >= 0.3 is 0 Å². The molecule has 0 saturated heterocycles. The number of rotatable bonds is 1. The molecule has 16 heavy (non-hydrogen) atoms. The summed E-state index contributed by atoms with van der Waals surface area (Å²) in [4.78, 5) is 0. The lowest BCUT2D eigenvalue weighted by Crippen LogP contribution is -2.47. The molecule has 1 heteroatoms. The Morgan fingerprint density at radius 1 is 1.12 bits per heavy atom. The summed E-state index contributed by atoms with van der Waals surface area (Å²) >= 11 is 0. The summed E-state index contributed by atoms with van der Waals surface area (Å²) in [5.41, 5.74) is 1.03. The first-order valence-corrected chi connectivity index (χ1v) is 7.03. The van der Waals surface area contributed by atoms with Crippen LogP contribution in [0, 0.1) is 22.7 Å². The molecule has 2 saturated carbocycles. The van der Waals surface area contributed by atoms with E-state index in [1.807, 2.05) is 6.92 Å². The Bertz CT molecular complexity index is 256. The van der Waals surface area contributed by atoms with E-state index in [0.29, 0.717) is 16.7 Å². The van der Waals surface area contributed by atoms with Crippen LogP contribution in [-0.2, 0) is 0 Å². The molecule has 0 heterocycles. The highest BCUT2D eigenvalue weighted by molar-refractivity contribution is 4.99. The minimum atomic E-state index is -0.109. The van der Waals surface area contributed by atoms with Crippen molar-refractivity contribution in [2.45, 2.75) is 72.3 Å². The first kappa shape index (κ1) is 12.4. The lowest BCUT2D eigenvalue weighted by Gasteiger charge is -2.55. The Balaban J connectivity index is 2.16. The molecule has 2 fully saturated rings. The van der Waals surface area contributed by atoms with Gasteiger partial charge in [-0.05, 0) is 61.7 Å². The molecule has 1 N–H and O–H groups in total. The number of aliphatic hydroxyl groups is 1. The fourth-order valence-corrected chi connectivity index (χ4v) is 4.72. The predicted octanol–water partition coefficient (Wildman–Crippen LogP) is 4.00. The molecule has 0 radical (unpaired) electrons. The second-order valence-electron chi connectivity index (χ2n) is 7.33. The van der Waals surface area contributed by atoms with Gasteiger partial charge in [0.15, 0.2) is 0 Å². The molecule has 2 aliphatic rings. The highest BCUT2D eigenvalue weighted by Crippen LogP contribution is 2.58. The topological polar surface area (TPSA) is 20.2 Å². The summed E-state index contributed by atoms with van der Waals surface area (Å²) in [6.45, 7) is 9.37. The SMILES string of the molecule is CC(O)C1CCC2C(C)(C)CCC[C@@]2(C)C1. The normalized spacial score (nSPS) is 44.8. The molecular weight excluding hydrogens is 196 g/mol. The average molecular weight is 224 g/mol. The summed E-state index contributed by atoms with van der Waals surface area (Å²) in [6, 6.07) is 0. The molecule has 0 aromatic rings. The second-order valence-corrected chi connectivity index (χ2v) is 7.33. The average Bonchev–Trinajstić information content (AvgIpc) is 2.15. The molecule has 0 aromatic carbocycles. The lowest BCUT2D eigenvalue weighted by atomic mass is 9.50. The van der Waals surface area contributed by atoms with Crippen LogP contribution in [0.3, 0.4) is 0 Å². The van der Waals surface area contributed by atoms with E-state index < -0.39 is 0 Å². The van der Waals surface area contributed by atoms with E-state index >= 15 is 0 Å². The van der Waals surface area contributed by atoms with Gasteiger partial charge < -0.3 is 5.11 Å². The minimum Gasteiger partial charge on any atom is -0.393 e. The van der Waals surface area contributed by atoms with Crippen molar-refractivity contribution in [2.75, 3.05) is 0 Å². The van der Waals surface area contributed by atoms with Gasteiger partial charge in [-0.25, -0.2) is 0 Å². The summed E-state index contributed by atoms with van der Waals surface area (Å²) < 4.78 is 0. The maximum absolute atomic E-state index is 9.81. The molecular formula is C15H28O. The van der Waals surface area contributed by atoms with Crippen LogP contribution in [0.5, 0.6) is 0 Å². The zero-order chi connectivity index (χ0) is 12.0. The molecule has 0 bridgehead atoms. The van der Waals surface area contributed by atoms with Crippen molar-refractivity contribution in [1.29, 1.82) is 0 Å². The van der Waals surface area contributed by atoms with E-state index in [0.717, 1.165) is 5.92 Å². The minimum absolute atomic E-state index is 0.109. The van der Waals surface area contributed by atoms with Crippen molar-refractivity contribution >= 4 is 0 Å². The van der Waals surface area contributed by atoms with E-state index in [1.165, 1.54) is 38.5 Å². The van der Waals surface area contributed by atoms with E-state index in [2.05, 4.69) is 20.8 Å². The Hall–Kier alpha value is -0.0400. The molecule has 3 unspecified atom stereocenters. The third-order valence-corrected chi connectivity index (χ3v) is 5.59. The molecule has 4 atom stereocenters. The number of hydrogen-bond acceptors (Lipinski definition) is 1. The maximum Gasteiger partial charge on any atom is 0.0540 e. The molecule has 94 valence electrons. The zero-order valence-corrected chi connectivity index (χ0v) is 11.4. The smallest absolute Gasteiger partial charge is 0.0540 e. The fourth-order valence-electron chi connectivity index (χ4n) is 4.72. The number of hydrogen-bond donors (Lipinski definition) is 1. The first-order chi connectivity index (χ1) is 7.35.